The number of hydrogen-bond donors (Lipinski definition) is 1. The number of aromatic nitrogens is 3. The topological polar surface area (TPSA) is 75.7 Å². The SMILES string of the molecule is O/N=C1\C(c2ccccc2)=Nc2ncnn2[C@@H]1c1ccc(Cl)cc1. The Kier molecular flexibility index (Phi) is 3.59. The highest BCUT2D eigenvalue weighted by molar-refractivity contribution is 6.50. The fourth-order valence-corrected chi connectivity index (χ4v) is 2.89. The Morgan fingerprint density at radius 2 is 1.79 bits per heavy atom. The molecule has 1 aliphatic heterocycles. The normalized spacial score (nSPS) is 18.3. The molecule has 1 N–H and O–H groups in total. The van der Waals surface area contributed by atoms with Crippen molar-refractivity contribution in [2.45, 2.75) is 6.04 Å². The van der Waals surface area contributed by atoms with Crippen molar-refractivity contribution in [2.24, 2.45) is 10.1 Å². The Labute approximate surface area is 142 Å². The van der Waals surface area contributed by atoms with Gasteiger partial charge in [-0.3, -0.25) is 0 Å². The van der Waals surface area contributed by atoms with Gasteiger partial charge in [0.15, 0.2) is 0 Å². The maximum Gasteiger partial charge on any atom is 0.249 e. The lowest BCUT2D eigenvalue weighted by atomic mass is 9.94. The summed E-state index contributed by atoms with van der Waals surface area (Å²) in [7, 11) is 0. The average Bonchev–Trinajstić information content (AvgIpc) is 3.10. The second-order valence-corrected chi connectivity index (χ2v) is 5.71. The standard InChI is InChI=1S/C17H12ClN5O/c18-13-8-6-12(7-9-13)16-15(22-24)14(11-4-2-1-3-5-11)21-17-19-10-20-23(16)17/h1-10,16,24H/b22-15+/t16-/m1/s1. The first-order valence-corrected chi connectivity index (χ1v) is 7.67. The molecule has 1 aromatic heterocycles. The fraction of sp³-hybridized carbons (Fsp3) is 0.0588. The summed E-state index contributed by atoms with van der Waals surface area (Å²) in [6.07, 6.45) is 1.44. The summed E-state index contributed by atoms with van der Waals surface area (Å²) in [6.45, 7) is 0. The third kappa shape index (κ3) is 2.37. The van der Waals surface area contributed by atoms with Gasteiger partial charge in [-0.05, 0) is 17.7 Å². The van der Waals surface area contributed by atoms with Crippen LogP contribution in [0, 0.1) is 0 Å². The Morgan fingerprint density at radius 1 is 1.04 bits per heavy atom. The van der Waals surface area contributed by atoms with Gasteiger partial charge in [-0.1, -0.05) is 59.2 Å². The zero-order chi connectivity index (χ0) is 16.5. The van der Waals surface area contributed by atoms with E-state index in [1.807, 2.05) is 42.5 Å². The molecule has 0 aliphatic carbocycles. The number of rotatable bonds is 2. The molecule has 0 fully saturated rings. The number of halogens is 1. The molecular weight excluding hydrogens is 326 g/mol. The Morgan fingerprint density at radius 3 is 2.50 bits per heavy atom. The molecule has 4 rings (SSSR count). The second-order valence-electron chi connectivity index (χ2n) is 5.27. The first kappa shape index (κ1) is 14.6. The fourth-order valence-electron chi connectivity index (χ4n) is 2.76. The van der Waals surface area contributed by atoms with Gasteiger partial charge in [0.05, 0.1) is 0 Å². The van der Waals surface area contributed by atoms with Crippen molar-refractivity contribution in [3.05, 3.63) is 77.1 Å². The molecule has 1 atom stereocenters. The minimum atomic E-state index is -0.433. The number of nitrogens with zero attached hydrogens (tertiary/aromatic N) is 5. The molecule has 24 heavy (non-hydrogen) atoms. The summed E-state index contributed by atoms with van der Waals surface area (Å²) in [4.78, 5) is 8.71. The minimum Gasteiger partial charge on any atom is -0.411 e. The van der Waals surface area contributed by atoms with E-state index in [0.29, 0.717) is 22.4 Å². The van der Waals surface area contributed by atoms with Crippen LogP contribution < -0.4 is 0 Å². The van der Waals surface area contributed by atoms with Crippen LogP contribution in [0.2, 0.25) is 5.02 Å². The molecule has 0 amide bonds. The Hall–Kier alpha value is -2.99. The van der Waals surface area contributed by atoms with E-state index >= 15 is 0 Å². The van der Waals surface area contributed by atoms with Gasteiger partial charge in [0.25, 0.3) is 0 Å². The molecule has 1 aliphatic rings. The first-order valence-electron chi connectivity index (χ1n) is 7.29. The van der Waals surface area contributed by atoms with Crippen molar-refractivity contribution in [2.75, 3.05) is 0 Å². The van der Waals surface area contributed by atoms with Crippen LogP contribution in [0.25, 0.3) is 0 Å². The summed E-state index contributed by atoms with van der Waals surface area (Å²) >= 11 is 5.99. The van der Waals surface area contributed by atoms with Crippen LogP contribution in [-0.4, -0.2) is 31.4 Å². The van der Waals surface area contributed by atoms with Gasteiger partial charge in [0, 0.05) is 10.6 Å². The third-order valence-corrected chi connectivity index (χ3v) is 4.10. The molecule has 2 heterocycles. The highest BCUT2D eigenvalue weighted by Gasteiger charge is 2.33. The molecule has 0 radical (unpaired) electrons. The zero-order valence-electron chi connectivity index (χ0n) is 12.4. The molecule has 0 bridgehead atoms. The molecule has 0 saturated carbocycles. The van der Waals surface area contributed by atoms with Crippen molar-refractivity contribution in [3.8, 4) is 0 Å². The maximum atomic E-state index is 9.69. The van der Waals surface area contributed by atoms with Crippen LogP contribution in [0.5, 0.6) is 0 Å². The van der Waals surface area contributed by atoms with E-state index in [1.165, 1.54) is 6.33 Å². The number of fused-ring (bicyclic) bond motifs is 1. The van der Waals surface area contributed by atoms with Gasteiger partial charge in [0.1, 0.15) is 23.8 Å². The Bertz CT molecular complexity index is 931. The highest BCUT2D eigenvalue weighted by atomic mass is 35.5. The van der Waals surface area contributed by atoms with Crippen LogP contribution in [0.15, 0.2) is 71.1 Å². The number of benzene rings is 2. The predicted octanol–water partition coefficient (Wildman–Crippen LogP) is 3.49. The van der Waals surface area contributed by atoms with Gasteiger partial charge in [0.2, 0.25) is 5.95 Å². The lowest BCUT2D eigenvalue weighted by molar-refractivity contribution is 0.316. The Balaban J connectivity index is 1.91. The second kappa shape index (κ2) is 5.90. The summed E-state index contributed by atoms with van der Waals surface area (Å²) in [5, 5.41) is 18.1. The van der Waals surface area contributed by atoms with E-state index in [2.05, 4.69) is 20.2 Å². The van der Waals surface area contributed by atoms with Crippen LogP contribution in [-0.2, 0) is 0 Å². The molecule has 2 aromatic carbocycles. The molecule has 3 aromatic rings. The van der Waals surface area contributed by atoms with Crippen molar-refractivity contribution in [1.29, 1.82) is 0 Å². The van der Waals surface area contributed by atoms with Crippen LogP contribution >= 0.6 is 11.6 Å². The van der Waals surface area contributed by atoms with Gasteiger partial charge in [-0.15, -0.1) is 0 Å². The van der Waals surface area contributed by atoms with E-state index < -0.39 is 6.04 Å². The molecule has 7 heteroatoms. The van der Waals surface area contributed by atoms with Gasteiger partial charge in [-0.25, -0.2) is 9.67 Å². The van der Waals surface area contributed by atoms with E-state index in [4.69, 9.17) is 11.6 Å². The van der Waals surface area contributed by atoms with Gasteiger partial charge < -0.3 is 5.21 Å². The maximum absolute atomic E-state index is 9.69. The van der Waals surface area contributed by atoms with Crippen molar-refractivity contribution >= 4 is 29.0 Å². The smallest absolute Gasteiger partial charge is 0.249 e. The van der Waals surface area contributed by atoms with Gasteiger partial charge >= 0.3 is 0 Å². The van der Waals surface area contributed by atoms with Crippen LogP contribution in [0.1, 0.15) is 17.2 Å². The third-order valence-electron chi connectivity index (χ3n) is 3.85. The highest BCUT2D eigenvalue weighted by Crippen LogP contribution is 2.31. The minimum absolute atomic E-state index is 0.404. The quantitative estimate of drug-likeness (QED) is 0.574. The first-order chi connectivity index (χ1) is 11.8. The van der Waals surface area contributed by atoms with E-state index in [0.717, 1.165) is 11.1 Å². The molecule has 0 unspecified atom stereocenters. The molecule has 118 valence electrons. The van der Waals surface area contributed by atoms with E-state index in [-0.39, 0.29) is 0 Å². The largest absolute Gasteiger partial charge is 0.411 e. The molecular formula is C17H12ClN5O. The number of hydrogen-bond acceptors (Lipinski definition) is 5. The van der Waals surface area contributed by atoms with Gasteiger partial charge in [-0.2, -0.15) is 10.1 Å². The zero-order valence-corrected chi connectivity index (χ0v) is 13.2. The van der Waals surface area contributed by atoms with Crippen LogP contribution in [0.4, 0.5) is 5.95 Å². The lowest BCUT2D eigenvalue weighted by Gasteiger charge is -2.24. The summed E-state index contributed by atoms with van der Waals surface area (Å²) in [5.74, 6) is 0.459. The average molecular weight is 338 g/mol. The van der Waals surface area contributed by atoms with Crippen LogP contribution in [0.3, 0.4) is 0 Å². The van der Waals surface area contributed by atoms with E-state index in [9.17, 15) is 5.21 Å². The summed E-state index contributed by atoms with van der Waals surface area (Å²) in [6, 6.07) is 16.4. The van der Waals surface area contributed by atoms with Crippen molar-refractivity contribution in [1.82, 2.24) is 14.8 Å². The summed E-state index contributed by atoms with van der Waals surface area (Å²) in [5.41, 5.74) is 2.70. The van der Waals surface area contributed by atoms with E-state index in [1.54, 1.807) is 16.8 Å². The number of aliphatic imine (C=N–C) groups is 1. The molecule has 0 spiro atoms. The predicted molar refractivity (Wildman–Crippen MR) is 91.5 cm³/mol. The van der Waals surface area contributed by atoms with Crippen molar-refractivity contribution < 1.29 is 5.21 Å². The lowest BCUT2D eigenvalue weighted by Crippen LogP contribution is -2.32. The number of oxime groups is 1. The summed E-state index contributed by atoms with van der Waals surface area (Å²) < 4.78 is 1.63. The molecule has 0 saturated heterocycles. The monoisotopic (exact) mass is 337 g/mol. The molecule has 6 nitrogen and oxygen atoms in total. The van der Waals surface area contributed by atoms with Crippen molar-refractivity contribution in [3.63, 3.8) is 0 Å².